The Morgan fingerprint density at radius 3 is 2.46 bits per heavy atom. The summed E-state index contributed by atoms with van der Waals surface area (Å²) < 4.78 is 5.49. The Bertz CT molecular complexity index is 753. The number of piperazine rings is 1. The molecule has 0 atom stereocenters. The van der Waals surface area contributed by atoms with Gasteiger partial charge in [0.15, 0.2) is 5.82 Å². The second-order valence-electron chi connectivity index (χ2n) is 6.95. The van der Waals surface area contributed by atoms with E-state index in [0.717, 1.165) is 57.9 Å². The average Bonchev–Trinajstić information content (AvgIpc) is 2.69. The molecular weight excluding hydrogens is 328 g/mol. The predicted octanol–water partition coefficient (Wildman–Crippen LogP) is 1.86. The smallest absolute Gasteiger partial charge is 0.222 e. The Hall–Kier alpha value is -2.54. The minimum atomic E-state index is 0.217. The number of rotatable bonds is 3. The summed E-state index contributed by atoms with van der Waals surface area (Å²) in [5.74, 6) is 1.29. The molecule has 7 nitrogen and oxygen atoms in total. The maximum atomic E-state index is 6.00. The van der Waals surface area contributed by atoms with Gasteiger partial charge in [-0.15, -0.1) is 0 Å². The lowest BCUT2D eigenvalue weighted by molar-refractivity contribution is 0.0853. The van der Waals surface area contributed by atoms with Crippen molar-refractivity contribution >= 4 is 23.1 Å². The SMILES string of the molecule is Nc1ncc(N2CCN(c3cccc(C4CCOCC4)c3)CC2)c(N)n1. The number of anilines is 4. The van der Waals surface area contributed by atoms with Crippen LogP contribution in [0.1, 0.15) is 24.3 Å². The first kappa shape index (κ1) is 16.9. The molecule has 7 heteroatoms. The van der Waals surface area contributed by atoms with Gasteiger partial charge in [0, 0.05) is 45.1 Å². The molecule has 0 bridgehead atoms. The molecule has 2 aliphatic heterocycles. The van der Waals surface area contributed by atoms with E-state index in [9.17, 15) is 0 Å². The van der Waals surface area contributed by atoms with Gasteiger partial charge in [0.05, 0.1) is 11.9 Å². The van der Waals surface area contributed by atoms with Gasteiger partial charge in [-0.1, -0.05) is 12.1 Å². The lowest BCUT2D eigenvalue weighted by atomic mass is 9.91. The maximum absolute atomic E-state index is 6.00. The molecule has 138 valence electrons. The summed E-state index contributed by atoms with van der Waals surface area (Å²) >= 11 is 0. The third-order valence-electron chi connectivity index (χ3n) is 5.36. The molecule has 2 aromatic rings. The number of hydrogen-bond donors (Lipinski definition) is 2. The lowest BCUT2D eigenvalue weighted by Gasteiger charge is -2.37. The van der Waals surface area contributed by atoms with Gasteiger partial charge >= 0.3 is 0 Å². The third kappa shape index (κ3) is 3.53. The summed E-state index contributed by atoms with van der Waals surface area (Å²) in [5, 5.41) is 0. The van der Waals surface area contributed by atoms with Crippen LogP contribution >= 0.6 is 0 Å². The number of benzene rings is 1. The van der Waals surface area contributed by atoms with Crippen LogP contribution in [0.5, 0.6) is 0 Å². The molecule has 2 saturated heterocycles. The summed E-state index contributed by atoms with van der Waals surface area (Å²) in [7, 11) is 0. The monoisotopic (exact) mass is 354 g/mol. The first-order chi connectivity index (χ1) is 12.7. The van der Waals surface area contributed by atoms with Crippen LogP contribution < -0.4 is 21.3 Å². The molecule has 4 rings (SSSR count). The fourth-order valence-corrected chi connectivity index (χ4v) is 3.86. The molecule has 0 saturated carbocycles. The molecular formula is C19H26N6O. The van der Waals surface area contributed by atoms with Crippen LogP contribution in [0.3, 0.4) is 0 Å². The van der Waals surface area contributed by atoms with Crippen molar-refractivity contribution in [2.24, 2.45) is 0 Å². The molecule has 0 unspecified atom stereocenters. The van der Waals surface area contributed by atoms with Crippen molar-refractivity contribution in [2.75, 3.05) is 60.7 Å². The number of aromatic nitrogens is 2. The first-order valence-corrected chi connectivity index (χ1v) is 9.26. The highest BCUT2D eigenvalue weighted by Gasteiger charge is 2.21. The lowest BCUT2D eigenvalue weighted by Crippen LogP contribution is -2.46. The van der Waals surface area contributed by atoms with E-state index in [1.54, 1.807) is 6.20 Å². The fourth-order valence-electron chi connectivity index (χ4n) is 3.86. The molecule has 0 radical (unpaired) electrons. The Balaban J connectivity index is 1.43. The van der Waals surface area contributed by atoms with Crippen molar-refractivity contribution in [2.45, 2.75) is 18.8 Å². The van der Waals surface area contributed by atoms with Crippen molar-refractivity contribution in [1.82, 2.24) is 9.97 Å². The predicted molar refractivity (Wildman–Crippen MR) is 105 cm³/mol. The Morgan fingerprint density at radius 1 is 1.00 bits per heavy atom. The zero-order valence-electron chi connectivity index (χ0n) is 15.0. The molecule has 4 N–H and O–H groups in total. The summed E-state index contributed by atoms with van der Waals surface area (Å²) in [6.07, 6.45) is 3.96. The van der Waals surface area contributed by atoms with Crippen LogP contribution in [0, 0.1) is 0 Å². The van der Waals surface area contributed by atoms with E-state index in [1.165, 1.54) is 11.3 Å². The van der Waals surface area contributed by atoms with Crippen molar-refractivity contribution < 1.29 is 4.74 Å². The van der Waals surface area contributed by atoms with Gasteiger partial charge < -0.3 is 26.0 Å². The molecule has 3 heterocycles. The standard InChI is InChI=1S/C19H26N6O/c20-18-17(13-22-19(21)23-18)25-8-6-24(7-9-25)16-3-1-2-15(12-16)14-4-10-26-11-5-14/h1-3,12-14H,4-11H2,(H4,20,21,22,23). The first-order valence-electron chi connectivity index (χ1n) is 9.26. The van der Waals surface area contributed by atoms with E-state index >= 15 is 0 Å². The molecule has 0 spiro atoms. The Kier molecular flexibility index (Phi) is 4.79. The van der Waals surface area contributed by atoms with Gasteiger partial charge in [-0.2, -0.15) is 4.98 Å². The average molecular weight is 354 g/mol. The van der Waals surface area contributed by atoms with Crippen molar-refractivity contribution in [1.29, 1.82) is 0 Å². The summed E-state index contributed by atoms with van der Waals surface area (Å²) in [5.41, 5.74) is 15.2. The van der Waals surface area contributed by atoms with Crippen LogP contribution in [0.4, 0.5) is 23.1 Å². The molecule has 2 aliphatic rings. The number of hydrogen-bond acceptors (Lipinski definition) is 7. The molecule has 1 aromatic carbocycles. The van der Waals surface area contributed by atoms with E-state index in [1.807, 2.05) is 0 Å². The van der Waals surface area contributed by atoms with Gasteiger partial charge in [-0.25, -0.2) is 4.98 Å². The molecule has 26 heavy (non-hydrogen) atoms. The number of ether oxygens (including phenoxy) is 1. The highest BCUT2D eigenvalue weighted by Crippen LogP contribution is 2.30. The second kappa shape index (κ2) is 7.37. The molecule has 2 fully saturated rings. The zero-order chi connectivity index (χ0) is 17.9. The Morgan fingerprint density at radius 2 is 1.73 bits per heavy atom. The summed E-state index contributed by atoms with van der Waals surface area (Å²) in [6, 6.07) is 8.99. The fraction of sp³-hybridized carbons (Fsp3) is 0.474. The van der Waals surface area contributed by atoms with Gasteiger partial charge in [0.1, 0.15) is 0 Å². The van der Waals surface area contributed by atoms with Crippen LogP contribution in [-0.4, -0.2) is 49.4 Å². The van der Waals surface area contributed by atoms with E-state index in [-0.39, 0.29) is 5.95 Å². The largest absolute Gasteiger partial charge is 0.382 e. The zero-order valence-corrected chi connectivity index (χ0v) is 15.0. The number of nitrogens with zero attached hydrogens (tertiary/aromatic N) is 4. The van der Waals surface area contributed by atoms with Crippen molar-refractivity contribution in [3.05, 3.63) is 36.0 Å². The van der Waals surface area contributed by atoms with Crippen LogP contribution in [-0.2, 0) is 4.74 Å². The highest BCUT2D eigenvalue weighted by atomic mass is 16.5. The van der Waals surface area contributed by atoms with Crippen molar-refractivity contribution in [3.63, 3.8) is 0 Å². The van der Waals surface area contributed by atoms with Crippen LogP contribution in [0.15, 0.2) is 30.5 Å². The van der Waals surface area contributed by atoms with Gasteiger partial charge in [-0.05, 0) is 36.5 Å². The second-order valence-corrected chi connectivity index (χ2v) is 6.95. The summed E-state index contributed by atoms with van der Waals surface area (Å²) in [4.78, 5) is 12.8. The van der Waals surface area contributed by atoms with Crippen molar-refractivity contribution in [3.8, 4) is 0 Å². The molecule has 0 aliphatic carbocycles. The molecule has 1 aromatic heterocycles. The van der Waals surface area contributed by atoms with Gasteiger partial charge in [-0.3, -0.25) is 0 Å². The Labute approximate surface area is 154 Å². The van der Waals surface area contributed by atoms with E-state index in [0.29, 0.717) is 11.7 Å². The summed E-state index contributed by atoms with van der Waals surface area (Å²) in [6.45, 7) is 5.41. The van der Waals surface area contributed by atoms with Crippen LogP contribution in [0.2, 0.25) is 0 Å². The normalized spacial score (nSPS) is 18.9. The topological polar surface area (TPSA) is 93.5 Å². The maximum Gasteiger partial charge on any atom is 0.222 e. The number of nitrogens with two attached hydrogens (primary N) is 2. The minimum absolute atomic E-state index is 0.217. The minimum Gasteiger partial charge on any atom is -0.382 e. The van der Waals surface area contributed by atoms with Gasteiger partial charge in [0.2, 0.25) is 5.95 Å². The molecule has 0 amide bonds. The van der Waals surface area contributed by atoms with Crippen LogP contribution in [0.25, 0.3) is 0 Å². The van der Waals surface area contributed by atoms with E-state index in [4.69, 9.17) is 16.2 Å². The number of nitrogen functional groups attached to an aromatic ring is 2. The third-order valence-corrected chi connectivity index (χ3v) is 5.36. The van der Waals surface area contributed by atoms with E-state index < -0.39 is 0 Å². The van der Waals surface area contributed by atoms with Gasteiger partial charge in [0.25, 0.3) is 0 Å². The quantitative estimate of drug-likeness (QED) is 0.869. The highest BCUT2D eigenvalue weighted by molar-refractivity contribution is 5.64. The van der Waals surface area contributed by atoms with E-state index in [2.05, 4.69) is 44.0 Å².